The van der Waals surface area contributed by atoms with Crippen LogP contribution in [-0.4, -0.2) is 44.2 Å². The molecule has 3 heterocycles. The van der Waals surface area contributed by atoms with Crippen LogP contribution in [0.4, 0.5) is 4.79 Å². The van der Waals surface area contributed by atoms with Gasteiger partial charge in [-0.05, 0) is 39.7 Å². The molecule has 124 valence electrons. The summed E-state index contributed by atoms with van der Waals surface area (Å²) in [6, 6.07) is 0.171. The zero-order valence-corrected chi connectivity index (χ0v) is 14.6. The normalized spacial score (nSPS) is 18.7. The maximum atomic E-state index is 12.2. The zero-order valence-electron chi connectivity index (χ0n) is 13.8. The number of nitrogens with zero attached hydrogens (tertiary/aromatic N) is 4. The Balaban J connectivity index is 1.83. The fourth-order valence-electron chi connectivity index (χ4n) is 2.96. The predicted octanol–water partition coefficient (Wildman–Crippen LogP) is 3.58. The largest absolute Gasteiger partial charge is 0.444 e. The van der Waals surface area contributed by atoms with Crippen LogP contribution in [-0.2, 0) is 4.74 Å². The fraction of sp³-hybridized carbons (Fsp3) is 0.562. The SMILES string of the molecule is Cc1cn(C2CCN(C(=O)OC(C)(C)C)C2)c2ncnc(Cl)c12. The Morgan fingerprint density at radius 2 is 2.13 bits per heavy atom. The quantitative estimate of drug-likeness (QED) is 0.747. The Morgan fingerprint density at radius 1 is 1.39 bits per heavy atom. The van der Waals surface area contributed by atoms with E-state index in [9.17, 15) is 4.79 Å². The Morgan fingerprint density at radius 3 is 2.83 bits per heavy atom. The smallest absolute Gasteiger partial charge is 0.410 e. The molecule has 2 aromatic heterocycles. The number of halogens is 1. The average Bonchev–Trinajstić information content (AvgIpc) is 3.02. The van der Waals surface area contributed by atoms with Crippen LogP contribution in [0.25, 0.3) is 11.0 Å². The van der Waals surface area contributed by atoms with Crippen LogP contribution in [0.15, 0.2) is 12.5 Å². The Kier molecular flexibility index (Phi) is 3.96. The van der Waals surface area contributed by atoms with Crippen molar-refractivity contribution in [3.05, 3.63) is 23.2 Å². The van der Waals surface area contributed by atoms with Gasteiger partial charge in [0.1, 0.15) is 22.7 Å². The van der Waals surface area contributed by atoms with Gasteiger partial charge in [-0.2, -0.15) is 0 Å². The molecule has 6 nitrogen and oxygen atoms in total. The standard InChI is InChI=1S/C16H21ClN4O2/c1-10-7-21(14-12(10)13(17)18-9-19-14)11-5-6-20(8-11)15(22)23-16(2,3)4/h7,9,11H,5-6,8H2,1-4H3. The molecular weight excluding hydrogens is 316 g/mol. The molecule has 0 bridgehead atoms. The summed E-state index contributed by atoms with van der Waals surface area (Å²) in [6.07, 6.45) is 4.11. The second-order valence-electron chi connectivity index (χ2n) is 6.95. The molecule has 23 heavy (non-hydrogen) atoms. The number of hydrogen-bond acceptors (Lipinski definition) is 4. The number of carbonyl (C=O) groups excluding carboxylic acids is 1. The number of fused-ring (bicyclic) bond motifs is 1. The second-order valence-corrected chi connectivity index (χ2v) is 7.31. The van der Waals surface area contributed by atoms with E-state index < -0.39 is 5.60 Å². The van der Waals surface area contributed by atoms with E-state index in [4.69, 9.17) is 16.3 Å². The van der Waals surface area contributed by atoms with Crippen LogP contribution >= 0.6 is 11.6 Å². The van der Waals surface area contributed by atoms with Crippen LogP contribution < -0.4 is 0 Å². The Hall–Kier alpha value is -1.82. The van der Waals surface area contributed by atoms with Gasteiger partial charge < -0.3 is 14.2 Å². The highest BCUT2D eigenvalue weighted by Crippen LogP contribution is 2.31. The lowest BCUT2D eigenvalue weighted by atomic mass is 10.2. The summed E-state index contributed by atoms with van der Waals surface area (Å²) in [7, 11) is 0. The average molecular weight is 337 g/mol. The number of hydrogen-bond donors (Lipinski definition) is 0. The van der Waals surface area contributed by atoms with Gasteiger partial charge in [0.2, 0.25) is 0 Å². The summed E-state index contributed by atoms with van der Waals surface area (Å²) in [4.78, 5) is 22.4. The monoisotopic (exact) mass is 336 g/mol. The molecule has 1 unspecified atom stereocenters. The molecule has 1 fully saturated rings. The number of aromatic nitrogens is 3. The first-order chi connectivity index (χ1) is 10.8. The van der Waals surface area contributed by atoms with Gasteiger partial charge in [-0.15, -0.1) is 0 Å². The molecule has 2 aromatic rings. The van der Waals surface area contributed by atoms with Gasteiger partial charge in [0, 0.05) is 19.3 Å². The number of rotatable bonds is 1. The highest BCUT2D eigenvalue weighted by Gasteiger charge is 2.31. The number of carbonyl (C=O) groups is 1. The predicted molar refractivity (Wildman–Crippen MR) is 88.7 cm³/mol. The number of aryl methyl sites for hydroxylation is 1. The second kappa shape index (κ2) is 5.67. The van der Waals surface area contributed by atoms with E-state index in [0.717, 1.165) is 23.0 Å². The molecule has 0 N–H and O–H groups in total. The van der Waals surface area contributed by atoms with Crippen LogP contribution in [0.1, 0.15) is 38.8 Å². The molecule has 0 radical (unpaired) electrons. The van der Waals surface area contributed by atoms with Crippen molar-refractivity contribution >= 4 is 28.7 Å². The minimum Gasteiger partial charge on any atom is -0.444 e. The van der Waals surface area contributed by atoms with Crippen molar-refractivity contribution < 1.29 is 9.53 Å². The highest BCUT2D eigenvalue weighted by molar-refractivity contribution is 6.34. The van der Waals surface area contributed by atoms with E-state index in [0.29, 0.717) is 18.2 Å². The third-order valence-electron chi connectivity index (χ3n) is 3.96. The van der Waals surface area contributed by atoms with E-state index >= 15 is 0 Å². The Labute approximate surface area is 140 Å². The van der Waals surface area contributed by atoms with Gasteiger partial charge in [-0.3, -0.25) is 0 Å². The third-order valence-corrected chi connectivity index (χ3v) is 4.25. The molecule has 1 aliphatic heterocycles. The molecular formula is C16H21ClN4O2. The van der Waals surface area contributed by atoms with E-state index in [1.165, 1.54) is 6.33 Å². The van der Waals surface area contributed by atoms with E-state index in [2.05, 4.69) is 14.5 Å². The van der Waals surface area contributed by atoms with E-state index in [-0.39, 0.29) is 12.1 Å². The molecule has 7 heteroatoms. The lowest BCUT2D eigenvalue weighted by molar-refractivity contribution is 0.0289. The fourth-order valence-corrected chi connectivity index (χ4v) is 3.24. The summed E-state index contributed by atoms with van der Waals surface area (Å²) in [5.41, 5.74) is 1.38. The van der Waals surface area contributed by atoms with Crippen molar-refractivity contribution in [2.75, 3.05) is 13.1 Å². The van der Waals surface area contributed by atoms with Gasteiger partial charge >= 0.3 is 6.09 Å². The molecule has 1 aliphatic rings. The minimum atomic E-state index is -0.480. The van der Waals surface area contributed by atoms with Crippen molar-refractivity contribution in [1.29, 1.82) is 0 Å². The molecule has 0 spiro atoms. The molecule has 0 saturated carbocycles. The topological polar surface area (TPSA) is 60.2 Å². The Bertz CT molecular complexity index is 750. The van der Waals surface area contributed by atoms with Gasteiger partial charge in [0.15, 0.2) is 0 Å². The number of amides is 1. The minimum absolute atomic E-state index is 0.171. The number of likely N-dealkylation sites (tertiary alicyclic amines) is 1. The highest BCUT2D eigenvalue weighted by atomic mass is 35.5. The third kappa shape index (κ3) is 3.13. The lowest BCUT2D eigenvalue weighted by Crippen LogP contribution is -2.35. The summed E-state index contributed by atoms with van der Waals surface area (Å²) in [5.74, 6) is 0. The van der Waals surface area contributed by atoms with Crippen molar-refractivity contribution in [3.63, 3.8) is 0 Å². The zero-order chi connectivity index (χ0) is 16.8. The summed E-state index contributed by atoms with van der Waals surface area (Å²) in [6.45, 7) is 8.91. The van der Waals surface area contributed by atoms with Gasteiger partial charge in [0.05, 0.1) is 11.4 Å². The molecule has 3 rings (SSSR count). The maximum Gasteiger partial charge on any atom is 0.410 e. The van der Waals surface area contributed by atoms with E-state index in [1.54, 1.807) is 4.90 Å². The van der Waals surface area contributed by atoms with Crippen molar-refractivity contribution in [1.82, 2.24) is 19.4 Å². The lowest BCUT2D eigenvalue weighted by Gasteiger charge is -2.24. The first-order valence-electron chi connectivity index (χ1n) is 7.72. The van der Waals surface area contributed by atoms with Gasteiger partial charge in [0.25, 0.3) is 0 Å². The van der Waals surface area contributed by atoms with E-state index in [1.807, 2.05) is 33.9 Å². The molecule has 1 saturated heterocycles. The molecule has 0 aliphatic carbocycles. The van der Waals surface area contributed by atoms with Crippen LogP contribution in [0.5, 0.6) is 0 Å². The van der Waals surface area contributed by atoms with Crippen LogP contribution in [0.2, 0.25) is 5.15 Å². The first-order valence-corrected chi connectivity index (χ1v) is 8.09. The van der Waals surface area contributed by atoms with Crippen LogP contribution in [0.3, 0.4) is 0 Å². The first kappa shape index (κ1) is 16.1. The van der Waals surface area contributed by atoms with Crippen LogP contribution in [0, 0.1) is 6.92 Å². The van der Waals surface area contributed by atoms with Crippen molar-refractivity contribution in [3.8, 4) is 0 Å². The molecule has 1 amide bonds. The van der Waals surface area contributed by atoms with Gasteiger partial charge in [-0.1, -0.05) is 11.6 Å². The van der Waals surface area contributed by atoms with Crippen molar-refractivity contribution in [2.24, 2.45) is 0 Å². The molecule has 1 atom stereocenters. The maximum absolute atomic E-state index is 12.2. The summed E-state index contributed by atoms with van der Waals surface area (Å²) < 4.78 is 7.55. The summed E-state index contributed by atoms with van der Waals surface area (Å²) in [5, 5.41) is 1.35. The summed E-state index contributed by atoms with van der Waals surface area (Å²) >= 11 is 6.19. The number of ether oxygens (including phenoxy) is 1. The molecule has 0 aromatic carbocycles. The van der Waals surface area contributed by atoms with Gasteiger partial charge in [-0.25, -0.2) is 14.8 Å². The van der Waals surface area contributed by atoms with Crippen molar-refractivity contribution in [2.45, 2.75) is 45.8 Å².